The number of amides is 1. The minimum atomic E-state index is -0.140. The number of nitrogens with one attached hydrogen (secondary N) is 1. The SMILES string of the molecule is C=C(CCc1ccc(C)cc1)C(=O)c1ccc(C(=O)NCCCOCC(C)CC)cc1. The summed E-state index contributed by atoms with van der Waals surface area (Å²) in [5, 5.41) is 2.89. The minimum Gasteiger partial charge on any atom is -0.381 e. The van der Waals surface area contributed by atoms with Gasteiger partial charge in [-0.3, -0.25) is 9.59 Å². The van der Waals surface area contributed by atoms with Crippen LogP contribution in [-0.4, -0.2) is 31.4 Å². The first-order valence-electron chi connectivity index (χ1n) is 11.1. The summed E-state index contributed by atoms with van der Waals surface area (Å²) in [7, 11) is 0. The molecule has 0 aliphatic heterocycles. The van der Waals surface area contributed by atoms with E-state index in [0.717, 1.165) is 25.9 Å². The lowest BCUT2D eigenvalue weighted by Gasteiger charge is -2.10. The second kappa shape index (κ2) is 12.9. The minimum absolute atomic E-state index is 0.0717. The summed E-state index contributed by atoms with van der Waals surface area (Å²) in [6, 6.07) is 15.1. The molecule has 0 saturated carbocycles. The predicted molar refractivity (Wildman–Crippen MR) is 127 cm³/mol. The predicted octanol–water partition coefficient (Wildman–Crippen LogP) is 5.55. The molecule has 0 fully saturated rings. The molecule has 1 atom stereocenters. The van der Waals surface area contributed by atoms with Gasteiger partial charge in [0.25, 0.3) is 5.91 Å². The van der Waals surface area contributed by atoms with E-state index in [-0.39, 0.29) is 11.7 Å². The van der Waals surface area contributed by atoms with E-state index < -0.39 is 0 Å². The lowest BCUT2D eigenvalue weighted by molar-refractivity contribution is 0.0912. The highest BCUT2D eigenvalue weighted by Gasteiger charge is 2.12. The van der Waals surface area contributed by atoms with Crippen LogP contribution < -0.4 is 5.32 Å². The standard InChI is InChI=1S/C27H35NO3/c1-5-20(2)19-31-18-6-17-28-27(30)25-15-13-24(14-16-25)26(29)22(4)9-12-23-10-7-21(3)8-11-23/h7-8,10-11,13-16,20H,4-6,9,12,17-19H2,1-3H3,(H,28,30). The van der Waals surface area contributed by atoms with Crippen LogP contribution in [0.3, 0.4) is 0 Å². The van der Waals surface area contributed by atoms with E-state index in [1.807, 2.05) is 0 Å². The molecular formula is C27H35NO3. The maximum atomic E-state index is 12.6. The van der Waals surface area contributed by atoms with Crippen molar-refractivity contribution in [2.45, 2.75) is 46.5 Å². The van der Waals surface area contributed by atoms with Crippen molar-refractivity contribution in [2.24, 2.45) is 5.92 Å². The Labute approximate surface area is 186 Å². The Morgan fingerprint density at radius 1 is 1.03 bits per heavy atom. The number of benzene rings is 2. The van der Waals surface area contributed by atoms with Gasteiger partial charge in [0.2, 0.25) is 0 Å². The van der Waals surface area contributed by atoms with Crippen LogP contribution in [-0.2, 0) is 11.2 Å². The molecule has 1 unspecified atom stereocenters. The molecular weight excluding hydrogens is 386 g/mol. The molecule has 31 heavy (non-hydrogen) atoms. The van der Waals surface area contributed by atoms with E-state index in [2.05, 4.69) is 56.9 Å². The molecule has 0 radical (unpaired) electrons. The Balaban J connectivity index is 1.75. The van der Waals surface area contributed by atoms with Gasteiger partial charge in [0, 0.05) is 30.9 Å². The monoisotopic (exact) mass is 421 g/mol. The average molecular weight is 422 g/mol. The molecule has 2 rings (SSSR count). The second-order valence-corrected chi connectivity index (χ2v) is 8.19. The van der Waals surface area contributed by atoms with Crippen LogP contribution in [0.4, 0.5) is 0 Å². The molecule has 1 N–H and O–H groups in total. The molecule has 0 aliphatic carbocycles. The summed E-state index contributed by atoms with van der Waals surface area (Å²) in [6.07, 6.45) is 3.28. The van der Waals surface area contributed by atoms with Gasteiger partial charge in [-0.25, -0.2) is 0 Å². The lowest BCUT2D eigenvalue weighted by atomic mass is 9.97. The van der Waals surface area contributed by atoms with E-state index in [4.69, 9.17) is 4.74 Å². The van der Waals surface area contributed by atoms with E-state index >= 15 is 0 Å². The van der Waals surface area contributed by atoms with Crippen LogP contribution in [0.15, 0.2) is 60.7 Å². The Kier molecular flexibility index (Phi) is 10.2. The zero-order chi connectivity index (χ0) is 22.6. The zero-order valence-corrected chi connectivity index (χ0v) is 19.1. The first kappa shape index (κ1) is 24.5. The topological polar surface area (TPSA) is 55.4 Å². The van der Waals surface area contributed by atoms with Gasteiger partial charge in [-0.05, 0) is 55.4 Å². The zero-order valence-electron chi connectivity index (χ0n) is 19.1. The van der Waals surface area contributed by atoms with Gasteiger partial charge < -0.3 is 10.1 Å². The number of Topliss-reactive ketones (excluding diaryl/α,β-unsaturated/α-hetero) is 1. The summed E-state index contributed by atoms with van der Waals surface area (Å²) in [6.45, 7) is 12.3. The van der Waals surface area contributed by atoms with E-state index in [1.165, 1.54) is 11.1 Å². The summed E-state index contributed by atoms with van der Waals surface area (Å²) in [4.78, 5) is 24.9. The number of ketones is 1. The third kappa shape index (κ3) is 8.50. The summed E-state index contributed by atoms with van der Waals surface area (Å²) < 4.78 is 5.59. The van der Waals surface area contributed by atoms with Crippen molar-refractivity contribution < 1.29 is 14.3 Å². The highest BCUT2D eigenvalue weighted by Crippen LogP contribution is 2.15. The number of hydrogen-bond donors (Lipinski definition) is 1. The van der Waals surface area contributed by atoms with Gasteiger partial charge in [-0.1, -0.05) is 68.8 Å². The quantitative estimate of drug-likeness (QED) is 0.262. The number of allylic oxidation sites excluding steroid dienone is 1. The van der Waals surface area contributed by atoms with Gasteiger partial charge >= 0.3 is 0 Å². The summed E-state index contributed by atoms with van der Waals surface area (Å²) in [5.41, 5.74) is 4.09. The van der Waals surface area contributed by atoms with Crippen molar-refractivity contribution in [1.29, 1.82) is 0 Å². The van der Waals surface area contributed by atoms with Crippen molar-refractivity contribution in [3.8, 4) is 0 Å². The van der Waals surface area contributed by atoms with Gasteiger partial charge in [0.1, 0.15) is 0 Å². The Bertz CT molecular complexity index is 853. The van der Waals surface area contributed by atoms with Crippen molar-refractivity contribution in [3.63, 3.8) is 0 Å². The van der Waals surface area contributed by atoms with Crippen molar-refractivity contribution in [1.82, 2.24) is 5.32 Å². The smallest absolute Gasteiger partial charge is 0.251 e. The van der Waals surface area contributed by atoms with Crippen LogP contribution in [0.5, 0.6) is 0 Å². The molecule has 4 nitrogen and oxygen atoms in total. The maximum absolute atomic E-state index is 12.6. The van der Waals surface area contributed by atoms with Crippen molar-refractivity contribution in [2.75, 3.05) is 19.8 Å². The fourth-order valence-electron chi connectivity index (χ4n) is 3.02. The van der Waals surface area contributed by atoms with E-state index in [0.29, 0.717) is 42.2 Å². The number of rotatable bonds is 13. The molecule has 0 aromatic heterocycles. The summed E-state index contributed by atoms with van der Waals surface area (Å²) in [5.74, 6) is 0.353. The Morgan fingerprint density at radius 3 is 2.32 bits per heavy atom. The fourth-order valence-corrected chi connectivity index (χ4v) is 3.02. The highest BCUT2D eigenvalue weighted by atomic mass is 16.5. The average Bonchev–Trinajstić information content (AvgIpc) is 2.79. The molecule has 0 heterocycles. The first-order chi connectivity index (χ1) is 14.9. The third-order valence-electron chi connectivity index (χ3n) is 5.42. The molecule has 0 bridgehead atoms. The Morgan fingerprint density at radius 2 is 1.68 bits per heavy atom. The highest BCUT2D eigenvalue weighted by molar-refractivity contribution is 6.08. The van der Waals surface area contributed by atoms with Crippen LogP contribution >= 0.6 is 0 Å². The van der Waals surface area contributed by atoms with E-state index in [1.54, 1.807) is 24.3 Å². The maximum Gasteiger partial charge on any atom is 0.251 e. The van der Waals surface area contributed by atoms with Crippen molar-refractivity contribution in [3.05, 3.63) is 82.9 Å². The van der Waals surface area contributed by atoms with Gasteiger partial charge in [0.05, 0.1) is 0 Å². The molecule has 0 spiro atoms. The van der Waals surface area contributed by atoms with Gasteiger partial charge in [-0.15, -0.1) is 0 Å². The second-order valence-electron chi connectivity index (χ2n) is 8.19. The van der Waals surface area contributed by atoms with Crippen molar-refractivity contribution >= 4 is 11.7 Å². The number of hydrogen-bond acceptors (Lipinski definition) is 3. The van der Waals surface area contributed by atoms with Crippen LogP contribution in [0.1, 0.15) is 65.0 Å². The van der Waals surface area contributed by atoms with Crippen LogP contribution in [0.25, 0.3) is 0 Å². The normalized spacial score (nSPS) is 11.7. The van der Waals surface area contributed by atoms with E-state index in [9.17, 15) is 9.59 Å². The third-order valence-corrected chi connectivity index (χ3v) is 5.42. The molecule has 2 aromatic carbocycles. The molecule has 0 aliphatic rings. The Hall–Kier alpha value is -2.72. The van der Waals surface area contributed by atoms with Crippen LogP contribution in [0, 0.1) is 12.8 Å². The molecule has 166 valence electrons. The molecule has 0 saturated heterocycles. The van der Waals surface area contributed by atoms with Crippen LogP contribution in [0.2, 0.25) is 0 Å². The number of carbonyl (C=O) groups is 2. The van der Waals surface area contributed by atoms with Gasteiger partial charge in [0.15, 0.2) is 5.78 Å². The molecule has 2 aromatic rings. The number of aryl methyl sites for hydroxylation is 2. The molecule has 4 heteroatoms. The van der Waals surface area contributed by atoms with Gasteiger partial charge in [-0.2, -0.15) is 0 Å². The summed E-state index contributed by atoms with van der Waals surface area (Å²) >= 11 is 0. The lowest BCUT2D eigenvalue weighted by Crippen LogP contribution is -2.25. The molecule has 1 amide bonds. The largest absolute Gasteiger partial charge is 0.381 e. The first-order valence-corrected chi connectivity index (χ1v) is 11.1. The number of ether oxygens (including phenoxy) is 1. The number of carbonyl (C=O) groups excluding carboxylic acids is 2. The fraction of sp³-hybridized carbons (Fsp3) is 0.407.